The van der Waals surface area contributed by atoms with E-state index in [4.69, 9.17) is 5.11 Å². The summed E-state index contributed by atoms with van der Waals surface area (Å²) >= 11 is 0. The third-order valence-corrected chi connectivity index (χ3v) is 3.71. The zero-order chi connectivity index (χ0) is 11.8. The Morgan fingerprint density at radius 2 is 1.94 bits per heavy atom. The number of carbonyl (C=O) groups is 2. The first-order valence-corrected chi connectivity index (χ1v) is 6.07. The predicted molar refractivity (Wildman–Crippen MR) is 58.9 cm³/mol. The maximum absolute atomic E-state index is 11.7. The molecule has 0 aromatic carbocycles. The second-order valence-electron chi connectivity index (χ2n) is 5.31. The van der Waals surface area contributed by atoms with E-state index in [0.717, 1.165) is 19.3 Å². The molecule has 0 spiro atoms. The van der Waals surface area contributed by atoms with Crippen molar-refractivity contribution in [2.75, 3.05) is 0 Å². The molecule has 2 aliphatic carbocycles. The van der Waals surface area contributed by atoms with Crippen molar-refractivity contribution < 1.29 is 14.7 Å². The van der Waals surface area contributed by atoms with Gasteiger partial charge in [-0.25, -0.2) is 4.79 Å². The van der Waals surface area contributed by atoms with Crippen molar-refractivity contribution in [1.82, 2.24) is 5.32 Å². The molecule has 2 aliphatic rings. The third-order valence-electron chi connectivity index (χ3n) is 3.71. The molecular weight excluding hydrogens is 206 g/mol. The minimum Gasteiger partial charge on any atom is -0.480 e. The van der Waals surface area contributed by atoms with Crippen LogP contribution in [-0.4, -0.2) is 22.5 Å². The molecule has 0 radical (unpaired) electrons. The number of nitrogens with one attached hydrogen (secondary N) is 1. The molecule has 0 aromatic heterocycles. The predicted octanol–water partition coefficient (Wildman–Crippen LogP) is 1.55. The minimum absolute atomic E-state index is 0.108. The summed E-state index contributed by atoms with van der Waals surface area (Å²) in [5.41, 5.74) is -1.04. The zero-order valence-corrected chi connectivity index (χ0v) is 9.66. The van der Waals surface area contributed by atoms with Gasteiger partial charge in [-0.15, -0.1) is 0 Å². The molecule has 4 nitrogen and oxygen atoms in total. The average Bonchev–Trinajstić information content (AvgIpc) is 3.04. The van der Waals surface area contributed by atoms with Gasteiger partial charge in [-0.1, -0.05) is 12.8 Å². The fourth-order valence-corrected chi connectivity index (χ4v) is 2.08. The highest BCUT2D eigenvalue weighted by Crippen LogP contribution is 2.40. The lowest BCUT2D eigenvalue weighted by molar-refractivity contribution is -0.147. The summed E-state index contributed by atoms with van der Waals surface area (Å²) in [6, 6.07) is 0. The Labute approximate surface area is 95.4 Å². The Kier molecular flexibility index (Phi) is 2.91. The van der Waals surface area contributed by atoms with Crippen molar-refractivity contribution in [3.63, 3.8) is 0 Å². The van der Waals surface area contributed by atoms with E-state index in [1.807, 2.05) is 0 Å². The second kappa shape index (κ2) is 4.07. The maximum Gasteiger partial charge on any atom is 0.329 e. The number of aliphatic carboxylic acids is 1. The fourth-order valence-electron chi connectivity index (χ4n) is 2.08. The first kappa shape index (κ1) is 11.4. The second-order valence-corrected chi connectivity index (χ2v) is 5.31. The van der Waals surface area contributed by atoms with Gasteiger partial charge >= 0.3 is 5.97 Å². The van der Waals surface area contributed by atoms with Crippen LogP contribution in [0.25, 0.3) is 0 Å². The number of carbonyl (C=O) groups excluding carboxylic acids is 1. The highest BCUT2D eigenvalue weighted by molar-refractivity contribution is 5.87. The van der Waals surface area contributed by atoms with Gasteiger partial charge in [0.15, 0.2) is 0 Å². The molecule has 16 heavy (non-hydrogen) atoms. The van der Waals surface area contributed by atoms with Crippen molar-refractivity contribution in [3.05, 3.63) is 0 Å². The molecular formula is C12H19NO3. The zero-order valence-electron chi connectivity index (χ0n) is 9.66. The van der Waals surface area contributed by atoms with Crippen LogP contribution in [0, 0.1) is 11.8 Å². The number of rotatable bonds is 6. The fraction of sp³-hybridized carbons (Fsp3) is 0.833. The molecule has 1 unspecified atom stereocenters. The summed E-state index contributed by atoms with van der Waals surface area (Å²) in [6.45, 7) is 1.63. The van der Waals surface area contributed by atoms with Gasteiger partial charge < -0.3 is 10.4 Å². The van der Waals surface area contributed by atoms with Crippen LogP contribution in [0.15, 0.2) is 0 Å². The molecule has 2 saturated carbocycles. The van der Waals surface area contributed by atoms with Crippen LogP contribution in [0.3, 0.4) is 0 Å². The standard InChI is InChI=1S/C12H19NO3/c1-12(11(15)16,9-5-6-9)13-10(14)7-4-8-2-3-8/h8-9H,2-7H2,1H3,(H,13,14)(H,15,16). The Hall–Kier alpha value is -1.06. The summed E-state index contributed by atoms with van der Waals surface area (Å²) in [5.74, 6) is -0.184. The molecule has 0 saturated heterocycles. The van der Waals surface area contributed by atoms with Gasteiger partial charge in [0.2, 0.25) is 5.91 Å². The molecule has 0 aromatic rings. The summed E-state index contributed by atoms with van der Waals surface area (Å²) in [5, 5.41) is 11.9. The summed E-state index contributed by atoms with van der Waals surface area (Å²) in [7, 11) is 0. The SMILES string of the molecule is CC(NC(=O)CCC1CC1)(C(=O)O)C1CC1. The number of amides is 1. The molecule has 0 aliphatic heterocycles. The van der Waals surface area contributed by atoms with Crippen molar-refractivity contribution in [2.45, 2.75) is 51.0 Å². The van der Waals surface area contributed by atoms with Crippen LogP contribution in [0.2, 0.25) is 0 Å². The Morgan fingerprint density at radius 3 is 2.38 bits per heavy atom. The van der Waals surface area contributed by atoms with Crippen LogP contribution in [-0.2, 0) is 9.59 Å². The molecule has 0 bridgehead atoms. The van der Waals surface area contributed by atoms with Crippen LogP contribution >= 0.6 is 0 Å². The molecule has 0 heterocycles. The quantitative estimate of drug-likeness (QED) is 0.720. The highest BCUT2D eigenvalue weighted by Gasteiger charge is 2.48. The van der Waals surface area contributed by atoms with Gasteiger partial charge in [0.1, 0.15) is 5.54 Å². The Balaban J connectivity index is 1.84. The van der Waals surface area contributed by atoms with Gasteiger partial charge in [-0.05, 0) is 38.0 Å². The molecule has 1 atom stereocenters. The van der Waals surface area contributed by atoms with E-state index in [2.05, 4.69) is 5.32 Å². The summed E-state index contributed by atoms with van der Waals surface area (Å²) in [6.07, 6.45) is 5.65. The van der Waals surface area contributed by atoms with Gasteiger partial charge in [-0.3, -0.25) is 4.79 Å². The van der Waals surface area contributed by atoms with E-state index < -0.39 is 11.5 Å². The van der Waals surface area contributed by atoms with Gasteiger partial charge in [0.25, 0.3) is 0 Å². The van der Waals surface area contributed by atoms with E-state index in [9.17, 15) is 9.59 Å². The maximum atomic E-state index is 11.7. The van der Waals surface area contributed by atoms with Crippen molar-refractivity contribution in [1.29, 1.82) is 0 Å². The first-order chi connectivity index (χ1) is 7.52. The first-order valence-electron chi connectivity index (χ1n) is 6.07. The van der Waals surface area contributed by atoms with Crippen LogP contribution in [0.1, 0.15) is 45.4 Å². The molecule has 2 rings (SSSR count). The van der Waals surface area contributed by atoms with Crippen LogP contribution in [0.5, 0.6) is 0 Å². The minimum atomic E-state index is -1.04. The van der Waals surface area contributed by atoms with E-state index >= 15 is 0 Å². The van der Waals surface area contributed by atoms with E-state index in [1.165, 1.54) is 12.8 Å². The van der Waals surface area contributed by atoms with Crippen molar-refractivity contribution >= 4 is 11.9 Å². The largest absolute Gasteiger partial charge is 0.480 e. The smallest absolute Gasteiger partial charge is 0.329 e. The lowest BCUT2D eigenvalue weighted by atomic mass is 9.95. The van der Waals surface area contributed by atoms with Crippen LogP contribution < -0.4 is 5.32 Å². The number of carboxylic acids is 1. The lowest BCUT2D eigenvalue weighted by Gasteiger charge is -2.26. The number of hydrogen-bond acceptors (Lipinski definition) is 2. The number of hydrogen-bond donors (Lipinski definition) is 2. The molecule has 90 valence electrons. The molecule has 1 amide bonds. The average molecular weight is 225 g/mol. The Bertz CT molecular complexity index is 307. The van der Waals surface area contributed by atoms with Crippen molar-refractivity contribution in [3.8, 4) is 0 Å². The van der Waals surface area contributed by atoms with Gasteiger partial charge in [-0.2, -0.15) is 0 Å². The van der Waals surface area contributed by atoms with Gasteiger partial charge in [0, 0.05) is 6.42 Å². The van der Waals surface area contributed by atoms with Crippen LogP contribution in [0.4, 0.5) is 0 Å². The summed E-state index contributed by atoms with van der Waals surface area (Å²) in [4.78, 5) is 22.8. The summed E-state index contributed by atoms with van der Waals surface area (Å²) < 4.78 is 0. The number of carboxylic acid groups (broad SMARTS) is 1. The topological polar surface area (TPSA) is 66.4 Å². The lowest BCUT2D eigenvalue weighted by Crippen LogP contribution is -2.54. The van der Waals surface area contributed by atoms with Gasteiger partial charge in [0.05, 0.1) is 0 Å². The molecule has 2 N–H and O–H groups in total. The Morgan fingerprint density at radius 1 is 1.31 bits per heavy atom. The normalized spacial score (nSPS) is 23.6. The molecule has 4 heteroatoms. The monoisotopic (exact) mass is 225 g/mol. The van der Waals surface area contributed by atoms with E-state index in [-0.39, 0.29) is 11.8 Å². The molecule has 2 fully saturated rings. The van der Waals surface area contributed by atoms with Crippen molar-refractivity contribution in [2.24, 2.45) is 11.8 Å². The highest BCUT2D eigenvalue weighted by atomic mass is 16.4. The van der Waals surface area contributed by atoms with E-state index in [1.54, 1.807) is 6.92 Å². The van der Waals surface area contributed by atoms with E-state index in [0.29, 0.717) is 12.3 Å². The third kappa shape index (κ3) is 2.54.